The molecule has 8 nitrogen and oxygen atoms in total. The van der Waals surface area contributed by atoms with Crippen LogP contribution in [0.15, 0.2) is 47.4 Å². The highest BCUT2D eigenvalue weighted by atomic mass is 35.5. The highest BCUT2D eigenvalue weighted by molar-refractivity contribution is 7.93. The van der Waals surface area contributed by atoms with Crippen molar-refractivity contribution in [1.29, 1.82) is 0 Å². The van der Waals surface area contributed by atoms with Gasteiger partial charge in [0.2, 0.25) is 5.91 Å². The average Bonchev–Trinajstić information content (AvgIpc) is 3.74. The number of halogens is 5. The number of alkyl halides is 3. The van der Waals surface area contributed by atoms with E-state index in [-0.39, 0.29) is 45.9 Å². The van der Waals surface area contributed by atoms with Gasteiger partial charge in [-0.1, -0.05) is 30.1 Å². The lowest BCUT2D eigenvalue weighted by atomic mass is 9.97. The SMILES string of the molecule is CCC(C(=O)N1CCC[C@@H](CNC(=O)NC2CC2)C1)N(c1cc(C(F)(F)F)ccc1Cl)S(=O)(=O)c1ccc(Cl)cc1. The Morgan fingerprint density at radius 2 is 1.78 bits per heavy atom. The average molecular weight is 636 g/mol. The maximum absolute atomic E-state index is 14.0. The molecule has 41 heavy (non-hydrogen) atoms. The maximum atomic E-state index is 14.0. The molecule has 2 fully saturated rings. The lowest BCUT2D eigenvalue weighted by molar-refractivity contribution is -0.137. The Morgan fingerprint density at radius 1 is 1.10 bits per heavy atom. The molecular formula is C27H31Cl2F3N4O4S. The van der Waals surface area contributed by atoms with Gasteiger partial charge in [0.15, 0.2) is 0 Å². The van der Waals surface area contributed by atoms with Crippen LogP contribution in [0.2, 0.25) is 10.0 Å². The van der Waals surface area contributed by atoms with Gasteiger partial charge in [0, 0.05) is 30.7 Å². The molecule has 0 spiro atoms. The van der Waals surface area contributed by atoms with Gasteiger partial charge >= 0.3 is 12.2 Å². The minimum Gasteiger partial charge on any atom is -0.341 e. The zero-order valence-corrected chi connectivity index (χ0v) is 24.6. The lowest BCUT2D eigenvalue weighted by Crippen LogP contribution is -2.54. The van der Waals surface area contributed by atoms with Crippen LogP contribution in [0.5, 0.6) is 0 Å². The van der Waals surface area contributed by atoms with Crippen LogP contribution in [0, 0.1) is 5.92 Å². The summed E-state index contributed by atoms with van der Waals surface area (Å²) in [6, 6.07) is 6.02. The normalized spacial score (nSPS) is 18.5. The van der Waals surface area contributed by atoms with Crippen LogP contribution in [-0.4, -0.2) is 57.0 Å². The van der Waals surface area contributed by atoms with Crippen LogP contribution in [0.3, 0.4) is 0 Å². The number of piperidine rings is 1. The second-order valence-corrected chi connectivity index (χ2v) is 12.9. The number of nitrogens with one attached hydrogen (secondary N) is 2. The fraction of sp³-hybridized carbons (Fsp3) is 0.481. The Balaban J connectivity index is 1.66. The second-order valence-electron chi connectivity index (χ2n) is 10.3. The molecule has 3 amide bonds. The van der Waals surface area contributed by atoms with Crippen LogP contribution in [0.1, 0.15) is 44.6 Å². The van der Waals surface area contributed by atoms with Gasteiger partial charge in [-0.2, -0.15) is 13.2 Å². The number of likely N-dealkylation sites (tertiary alicyclic amines) is 1. The fourth-order valence-corrected chi connectivity index (χ4v) is 6.90. The molecule has 2 aliphatic rings. The molecule has 1 heterocycles. The van der Waals surface area contributed by atoms with Crippen LogP contribution >= 0.6 is 23.2 Å². The first-order valence-corrected chi connectivity index (χ1v) is 15.5. The molecule has 2 N–H and O–H groups in total. The van der Waals surface area contributed by atoms with Gasteiger partial charge in [0.1, 0.15) is 6.04 Å². The number of carbonyl (C=O) groups excluding carboxylic acids is 2. The van der Waals surface area contributed by atoms with E-state index in [1.165, 1.54) is 29.2 Å². The van der Waals surface area contributed by atoms with E-state index >= 15 is 0 Å². The van der Waals surface area contributed by atoms with Gasteiger partial charge in [-0.25, -0.2) is 13.2 Å². The smallest absolute Gasteiger partial charge is 0.341 e. The quantitative estimate of drug-likeness (QED) is 0.370. The first-order valence-electron chi connectivity index (χ1n) is 13.3. The number of hydrogen-bond donors (Lipinski definition) is 2. The molecule has 0 aromatic heterocycles. The summed E-state index contributed by atoms with van der Waals surface area (Å²) < 4.78 is 69.7. The minimum absolute atomic E-state index is 0.0402. The van der Waals surface area contributed by atoms with Gasteiger partial charge in [-0.15, -0.1) is 0 Å². The van der Waals surface area contributed by atoms with Crippen LogP contribution in [-0.2, 0) is 21.0 Å². The number of urea groups is 1. The topological polar surface area (TPSA) is 98.8 Å². The van der Waals surface area contributed by atoms with Crippen LogP contribution in [0.25, 0.3) is 0 Å². The number of hydrogen-bond acceptors (Lipinski definition) is 4. The standard InChI is InChI=1S/C27H31Cl2F3N4O4S/c1-2-23(25(37)35-13-3-4-17(16-35)15-33-26(38)34-20-8-9-20)36(41(39,40)21-10-6-19(28)7-11-21)24-14-18(27(30,31)32)5-12-22(24)29/h5-7,10-12,14,17,20,23H,2-4,8-9,13,15-16H2,1H3,(H2,33,34,38)/t17-,23?/m0/s1. The molecule has 1 aliphatic heterocycles. The number of rotatable bonds is 9. The number of anilines is 1. The van der Waals surface area contributed by atoms with Crippen molar-refractivity contribution in [1.82, 2.24) is 15.5 Å². The Morgan fingerprint density at radius 3 is 2.39 bits per heavy atom. The number of sulfonamides is 1. The van der Waals surface area contributed by atoms with E-state index in [1.807, 2.05) is 0 Å². The van der Waals surface area contributed by atoms with Crippen molar-refractivity contribution in [3.8, 4) is 0 Å². The summed E-state index contributed by atoms with van der Waals surface area (Å²) >= 11 is 12.3. The van der Waals surface area contributed by atoms with Gasteiger partial charge in [-0.05, 0) is 80.5 Å². The summed E-state index contributed by atoms with van der Waals surface area (Å²) in [7, 11) is -4.58. The molecule has 2 atom stereocenters. The Labute approximate surface area is 247 Å². The maximum Gasteiger partial charge on any atom is 0.416 e. The largest absolute Gasteiger partial charge is 0.416 e. The van der Waals surface area contributed by atoms with Crippen molar-refractivity contribution < 1.29 is 31.2 Å². The lowest BCUT2D eigenvalue weighted by Gasteiger charge is -2.39. The van der Waals surface area contributed by atoms with E-state index in [2.05, 4.69) is 10.6 Å². The summed E-state index contributed by atoms with van der Waals surface area (Å²) in [5.41, 5.74) is -1.56. The number of amides is 3. The van der Waals surface area contributed by atoms with Crippen LogP contribution in [0.4, 0.5) is 23.7 Å². The summed E-state index contributed by atoms with van der Waals surface area (Å²) in [5, 5.41) is 5.66. The zero-order valence-electron chi connectivity index (χ0n) is 22.3. The molecule has 0 radical (unpaired) electrons. The van der Waals surface area contributed by atoms with E-state index in [0.717, 1.165) is 31.4 Å². The van der Waals surface area contributed by atoms with Crippen molar-refractivity contribution in [2.45, 2.75) is 62.2 Å². The summed E-state index contributed by atoms with van der Waals surface area (Å²) in [5.74, 6) is -0.640. The van der Waals surface area contributed by atoms with E-state index in [4.69, 9.17) is 23.2 Å². The van der Waals surface area contributed by atoms with Crippen molar-refractivity contribution in [3.63, 3.8) is 0 Å². The summed E-state index contributed by atoms with van der Waals surface area (Å²) in [6.45, 7) is 2.50. The molecule has 2 aromatic rings. The molecule has 1 aliphatic carbocycles. The molecule has 14 heteroatoms. The van der Waals surface area contributed by atoms with Gasteiger partial charge in [-0.3, -0.25) is 9.10 Å². The van der Waals surface area contributed by atoms with Gasteiger partial charge in [0.05, 0.1) is 21.2 Å². The summed E-state index contributed by atoms with van der Waals surface area (Å²) in [6.07, 6.45) is -1.56. The van der Waals surface area contributed by atoms with Crippen LogP contribution < -0.4 is 14.9 Å². The fourth-order valence-electron chi connectivity index (χ4n) is 4.83. The molecule has 224 valence electrons. The predicted octanol–water partition coefficient (Wildman–Crippen LogP) is 5.69. The molecule has 1 saturated heterocycles. The number of carbonyl (C=O) groups is 2. The molecule has 1 saturated carbocycles. The van der Waals surface area contributed by atoms with E-state index < -0.39 is 39.4 Å². The Bertz CT molecular complexity index is 1370. The number of benzene rings is 2. The van der Waals surface area contributed by atoms with Crippen molar-refractivity contribution in [2.24, 2.45) is 5.92 Å². The molecular weight excluding hydrogens is 604 g/mol. The first kappa shape index (κ1) is 31.2. The highest BCUT2D eigenvalue weighted by Crippen LogP contribution is 2.39. The van der Waals surface area contributed by atoms with Gasteiger partial charge in [0.25, 0.3) is 10.0 Å². The predicted molar refractivity (Wildman–Crippen MR) is 151 cm³/mol. The first-order chi connectivity index (χ1) is 19.3. The third-order valence-corrected chi connectivity index (χ3v) is 9.54. The summed E-state index contributed by atoms with van der Waals surface area (Å²) in [4.78, 5) is 27.3. The molecule has 1 unspecified atom stereocenters. The zero-order chi connectivity index (χ0) is 29.9. The Kier molecular flexibility index (Phi) is 9.65. The van der Waals surface area contributed by atoms with Crippen molar-refractivity contribution >= 4 is 50.9 Å². The third kappa shape index (κ3) is 7.58. The Hall–Kier alpha value is -2.70. The van der Waals surface area contributed by atoms with E-state index in [1.54, 1.807) is 6.92 Å². The minimum atomic E-state index is -4.78. The third-order valence-electron chi connectivity index (χ3n) is 7.13. The van der Waals surface area contributed by atoms with Crippen molar-refractivity contribution in [3.05, 3.63) is 58.1 Å². The molecule has 0 bridgehead atoms. The van der Waals surface area contributed by atoms with E-state index in [0.29, 0.717) is 29.9 Å². The molecule has 2 aromatic carbocycles. The second kappa shape index (κ2) is 12.7. The van der Waals surface area contributed by atoms with E-state index in [9.17, 15) is 31.2 Å². The number of nitrogens with zero attached hydrogens (tertiary/aromatic N) is 2. The highest BCUT2D eigenvalue weighted by Gasteiger charge is 2.41. The molecule has 4 rings (SSSR count). The van der Waals surface area contributed by atoms with Crippen molar-refractivity contribution in [2.75, 3.05) is 23.9 Å². The monoisotopic (exact) mass is 634 g/mol. The van der Waals surface area contributed by atoms with Gasteiger partial charge < -0.3 is 15.5 Å².